The predicted molar refractivity (Wildman–Crippen MR) is 83.5 cm³/mol. The number of hydrogen-bond donors (Lipinski definition) is 1. The van der Waals surface area contributed by atoms with Crippen molar-refractivity contribution in [3.05, 3.63) is 64.4 Å². The quantitative estimate of drug-likeness (QED) is 0.843. The number of ether oxygens (including phenoxy) is 1. The fourth-order valence-electron chi connectivity index (χ4n) is 2.10. The van der Waals surface area contributed by atoms with Crippen molar-refractivity contribution in [1.82, 2.24) is 0 Å². The maximum absolute atomic E-state index is 13.5. The topological polar surface area (TPSA) is 38.3 Å². The van der Waals surface area contributed by atoms with Crippen molar-refractivity contribution in [1.29, 1.82) is 0 Å². The highest BCUT2D eigenvalue weighted by Gasteiger charge is 2.36. The van der Waals surface area contributed by atoms with Crippen molar-refractivity contribution in [3.63, 3.8) is 0 Å². The molecule has 1 atom stereocenters. The van der Waals surface area contributed by atoms with Crippen molar-refractivity contribution < 1.29 is 13.9 Å². The van der Waals surface area contributed by atoms with Crippen LogP contribution in [0.3, 0.4) is 0 Å². The van der Waals surface area contributed by atoms with Crippen molar-refractivity contribution in [2.75, 3.05) is 12.4 Å². The second-order valence-electron chi connectivity index (χ2n) is 4.76. The number of methoxy groups -OCH3 is 1. The minimum absolute atomic E-state index is 0.404. The van der Waals surface area contributed by atoms with Crippen LogP contribution in [0.2, 0.25) is 0 Å². The summed E-state index contributed by atoms with van der Waals surface area (Å²) in [5.74, 6) is -0.897. The summed E-state index contributed by atoms with van der Waals surface area (Å²) in [6.07, 6.45) is 0. The molecule has 0 saturated carbocycles. The van der Waals surface area contributed by atoms with Gasteiger partial charge in [0.25, 0.3) is 0 Å². The Labute approximate surface area is 131 Å². The van der Waals surface area contributed by atoms with E-state index in [1.807, 2.05) is 24.3 Å². The Bertz CT molecular complexity index is 662. The molecular weight excluding hydrogens is 337 g/mol. The van der Waals surface area contributed by atoms with E-state index in [9.17, 15) is 9.18 Å². The van der Waals surface area contributed by atoms with Crippen LogP contribution in [0.5, 0.6) is 0 Å². The van der Waals surface area contributed by atoms with Crippen LogP contribution in [0.15, 0.2) is 53.0 Å². The zero-order valence-electron chi connectivity index (χ0n) is 11.7. The molecule has 0 aromatic heterocycles. The highest BCUT2D eigenvalue weighted by molar-refractivity contribution is 9.10. The van der Waals surface area contributed by atoms with Gasteiger partial charge in [0.1, 0.15) is 5.82 Å². The van der Waals surface area contributed by atoms with Gasteiger partial charge in [-0.2, -0.15) is 0 Å². The third-order valence-electron chi connectivity index (χ3n) is 3.21. The van der Waals surface area contributed by atoms with Crippen LogP contribution in [0, 0.1) is 5.82 Å². The lowest BCUT2D eigenvalue weighted by molar-refractivity contribution is -0.145. The fraction of sp³-hybridized carbons (Fsp3) is 0.188. The number of anilines is 1. The van der Waals surface area contributed by atoms with Crippen molar-refractivity contribution >= 4 is 27.6 Å². The van der Waals surface area contributed by atoms with Crippen LogP contribution in [0.1, 0.15) is 12.5 Å². The Morgan fingerprint density at radius 2 is 1.95 bits per heavy atom. The molecule has 2 rings (SSSR count). The molecule has 110 valence electrons. The number of carbonyl (C=O) groups excluding carboxylic acids is 1. The number of halogens is 2. The lowest BCUT2D eigenvalue weighted by Gasteiger charge is -2.29. The molecule has 5 heteroatoms. The number of nitrogens with one attached hydrogen (secondary N) is 1. The molecule has 2 aromatic rings. The highest BCUT2D eigenvalue weighted by atomic mass is 79.9. The maximum atomic E-state index is 13.5. The fourth-order valence-corrected chi connectivity index (χ4v) is 2.50. The third-order valence-corrected chi connectivity index (χ3v) is 3.71. The molecule has 2 aromatic carbocycles. The van der Waals surface area contributed by atoms with E-state index in [2.05, 4.69) is 21.2 Å². The van der Waals surface area contributed by atoms with E-state index < -0.39 is 17.3 Å². The molecule has 0 fully saturated rings. The zero-order valence-corrected chi connectivity index (χ0v) is 13.3. The Kier molecular flexibility index (Phi) is 4.63. The average Bonchev–Trinajstić information content (AvgIpc) is 2.46. The second kappa shape index (κ2) is 6.26. The predicted octanol–water partition coefficient (Wildman–Crippen LogP) is 4.09. The molecule has 0 saturated heterocycles. The molecule has 3 nitrogen and oxygen atoms in total. The van der Waals surface area contributed by atoms with Crippen molar-refractivity contribution in [3.8, 4) is 0 Å². The van der Waals surface area contributed by atoms with Crippen molar-refractivity contribution in [2.24, 2.45) is 0 Å². The van der Waals surface area contributed by atoms with Crippen LogP contribution in [-0.4, -0.2) is 13.1 Å². The van der Waals surface area contributed by atoms with Crippen LogP contribution < -0.4 is 5.32 Å². The SMILES string of the molecule is COC(=O)C(C)(Nc1cccc(Br)c1)c1cccc(F)c1. The minimum Gasteiger partial charge on any atom is -0.467 e. The smallest absolute Gasteiger partial charge is 0.335 e. The lowest BCUT2D eigenvalue weighted by atomic mass is 9.91. The molecule has 0 radical (unpaired) electrons. The molecule has 0 amide bonds. The van der Waals surface area contributed by atoms with E-state index in [4.69, 9.17) is 4.74 Å². The second-order valence-corrected chi connectivity index (χ2v) is 5.68. The average molecular weight is 352 g/mol. The standard InChI is InChI=1S/C16H15BrFNO2/c1-16(15(20)21-2,11-5-3-7-13(18)9-11)19-14-8-4-6-12(17)10-14/h3-10,19H,1-2H3. The molecule has 1 unspecified atom stereocenters. The summed E-state index contributed by atoms with van der Waals surface area (Å²) in [4.78, 5) is 12.2. The Morgan fingerprint density at radius 3 is 2.57 bits per heavy atom. The van der Waals surface area contributed by atoms with Gasteiger partial charge in [0, 0.05) is 10.2 Å². The van der Waals surface area contributed by atoms with Gasteiger partial charge < -0.3 is 10.1 Å². The van der Waals surface area contributed by atoms with E-state index in [1.165, 1.54) is 19.2 Å². The van der Waals surface area contributed by atoms with Crippen LogP contribution in [-0.2, 0) is 15.1 Å². The summed E-state index contributed by atoms with van der Waals surface area (Å²) in [6, 6.07) is 13.3. The molecule has 0 spiro atoms. The largest absolute Gasteiger partial charge is 0.467 e. The molecule has 0 bridgehead atoms. The van der Waals surface area contributed by atoms with Gasteiger partial charge in [-0.25, -0.2) is 9.18 Å². The Hall–Kier alpha value is -1.88. The first-order chi connectivity index (χ1) is 9.95. The van der Waals surface area contributed by atoms with Gasteiger partial charge in [-0.05, 0) is 42.8 Å². The van der Waals surface area contributed by atoms with Gasteiger partial charge in [-0.3, -0.25) is 0 Å². The van der Waals surface area contributed by atoms with Crippen LogP contribution in [0.4, 0.5) is 10.1 Å². The van der Waals surface area contributed by atoms with Gasteiger partial charge >= 0.3 is 5.97 Å². The van der Waals surface area contributed by atoms with E-state index in [0.717, 1.165) is 10.2 Å². The number of benzene rings is 2. The summed E-state index contributed by atoms with van der Waals surface area (Å²) in [7, 11) is 1.31. The molecule has 0 aliphatic rings. The highest BCUT2D eigenvalue weighted by Crippen LogP contribution is 2.29. The number of esters is 1. The summed E-state index contributed by atoms with van der Waals surface area (Å²) < 4.78 is 19.2. The molecule has 21 heavy (non-hydrogen) atoms. The maximum Gasteiger partial charge on any atom is 0.335 e. The summed E-state index contributed by atoms with van der Waals surface area (Å²) in [6.45, 7) is 1.66. The Morgan fingerprint density at radius 1 is 1.24 bits per heavy atom. The van der Waals surface area contributed by atoms with Crippen molar-refractivity contribution in [2.45, 2.75) is 12.5 Å². The van der Waals surface area contributed by atoms with E-state index in [-0.39, 0.29) is 0 Å². The number of hydrogen-bond acceptors (Lipinski definition) is 3. The molecular formula is C16H15BrFNO2. The van der Waals surface area contributed by atoms with Gasteiger partial charge in [0.15, 0.2) is 5.54 Å². The van der Waals surface area contributed by atoms with E-state index >= 15 is 0 Å². The van der Waals surface area contributed by atoms with Crippen LogP contribution in [0.25, 0.3) is 0 Å². The van der Waals surface area contributed by atoms with Gasteiger partial charge in [0.2, 0.25) is 0 Å². The lowest BCUT2D eigenvalue weighted by Crippen LogP contribution is -2.41. The number of carbonyl (C=O) groups is 1. The van der Waals surface area contributed by atoms with Crippen LogP contribution >= 0.6 is 15.9 Å². The van der Waals surface area contributed by atoms with Gasteiger partial charge in [-0.1, -0.05) is 34.1 Å². The molecule has 0 heterocycles. The third kappa shape index (κ3) is 3.42. The van der Waals surface area contributed by atoms with E-state index in [0.29, 0.717) is 5.56 Å². The molecule has 0 aliphatic heterocycles. The van der Waals surface area contributed by atoms with Gasteiger partial charge in [-0.15, -0.1) is 0 Å². The summed E-state index contributed by atoms with van der Waals surface area (Å²) in [5, 5.41) is 3.12. The van der Waals surface area contributed by atoms with E-state index in [1.54, 1.807) is 19.1 Å². The first kappa shape index (κ1) is 15.5. The monoisotopic (exact) mass is 351 g/mol. The Balaban J connectivity index is 2.45. The summed E-state index contributed by atoms with van der Waals surface area (Å²) >= 11 is 3.38. The normalized spacial score (nSPS) is 13.3. The zero-order chi connectivity index (χ0) is 15.5. The first-order valence-corrected chi connectivity index (χ1v) is 7.13. The molecule has 0 aliphatic carbocycles. The minimum atomic E-state index is -1.18. The first-order valence-electron chi connectivity index (χ1n) is 6.34. The van der Waals surface area contributed by atoms with Gasteiger partial charge in [0.05, 0.1) is 7.11 Å². The number of rotatable bonds is 4. The molecule has 1 N–H and O–H groups in total. The summed E-state index contributed by atoms with van der Waals surface area (Å²) in [5.41, 5.74) is 0.0355.